The maximum absolute atomic E-state index is 11.4. The summed E-state index contributed by atoms with van der Waals surface area (Å²) in [6, 6.07) is 2.50. The molecule has 1 aromatic heterocycles. The molecule has 1 aromatic carbocycles. The van der Waals surface area contributed by atoms with Crippen LogP contribution in [0.4, 0.5) is 11.4 Å². The number of nitro groups is 1. The van der Waals surface area contributed by atoms with Gasteiger partial charge < -0.3 is 20.0 Å². The van der Waals surface area contributed by atoms with Crippen LogP contribution in [0.15, 0.2) is 21.7 Å². The first kappa shape index (κ1) is 17.7. The molecular formula is C12H15ClN4O5. The van der Waals surface area contributed by atoms with E-state index in [1.807, 2.05) is 0 Å². The molecular weight excluding hydrogens is 316 g/mol. The Hall–Kier alpha value is -2.39. The van der Waals surface area contributed by atoms with Crippen molar-refractivity contribution in [1.82, 2.24) is 9.97 Å². The molecule has 0 atom stereocenters. The van der Waals surface area contributed by atoms with Gasteiger partial charge in [0.1, 0.15) is 0 Å². The highest BCUT2D eigenvalue weighted by atomic mass is 35.5. The number of benzene rings is 1. The van der Waals surface area contributed by atoms with Crippen molar-refractivity contribution < 1.29 is 10.0 Å². The Morgan fingerprint density at radius 1 is 1.27 bits per heavy atom. The van der Waals surface area contributed by atoms with Gasteiger partial charge in [0.05, 0.1) is 21.6 Å². The molecule has 0 fully saturated rings. The predicted molar refractivity (Wildman–Crippen MR) is 84.1 cm³/mol. The number of nitrogens with one attached hydrogen (secondary N) is 2. The van der Waals surface area contributed by atoms with Gasteiger partial charge in [-0.1, -0.05) is 0 Å². The van der Waals surface area contributed by atoms with Gasteiger partial charge >= 0.3 is 11.1 Å². The molecule has 1 heterocycles. The van der Waals surface area contributed by atoms with Gasteiger partial charge in [-0.2, -0.15) is 0 Å². The predicted octanol–water partition coefficient (Wildman–Crippen LogP) is 0.365. The van der Waals surface area contributed by atoms with Crippen LogP contribution in [0, 0.1) is 10.1 Å². The average molecular weight is 331 g/mol. The van der Waals surface area contributed by atoms with E-state index in [-0.39, 0.29) is 30.2 Å². The number of nitrogens with zero attached hydrogens (tertiary/aromatic N) is 2. The van der Waals surface area contributed by atoms with E-state index in [0.717, 1.165) is 0 Å². The molecule has 0 unspecified atom stereocenters. The first-order valence-corrected chi connectivity index (χ1v) is 6.20. The molecule has 0 radical (unpaired) electrons. The molecule has 0 bridgehead atoms. The van der Waals surface area contributed by atoms with Crippen LogP contribution in [0.3, 0.4) is 0 Å². The molecule has 2 rings (SSSR count). The Kier molecular flexibility index (Phi) is 5.66. The van der Waals surface area contributed by atoms with Crippen molar-refractivity contribution in [1.29, 1.82) is 0 Å². The zero-order valence-electron chi connectivity index (χ0n) is 11.7. The smallest absolute Gasteiger partial charge is 0.314 e. The first-order valence-electron chi connectivity index (χ1n) is 6.20. The van der Waals surface area contributed by atoms with E-state index in [1.54, 1.807) is 11.9 Å². The lowest BCUT2D eigenvalue weighted by Gasteiger charge is -2.20. The van der Waals surface area contributed by atoms with Crippen LogP contribution in [0.5, 0.6) is 0 Å². The maximum Gasteiger partial charge on any atom is 0.314 e. The Balaban J connectivity index is 0.00000242. The summed E-state index contributed by atoms with van der Waals surface area (Å²) < 4.78 is 0. The summed E-state index contributed by atoms with van der Waals surface area (Å²) in [6.07, 6.45) is 0.467. The Labute approximate surface area is 130 Å². The number of anilines is 1. The van der Waals surface area contributed by atoms with E-state index in [2.05, 4.69) is 9.97 Å². The molecule has 22 heavy (non-hydrogen) atoms. The number of nitro benzene ring substituents is 1. The normalized spacial score (nSPS) is 10.3. The third-order valence-corrected chi connectivity index (χ3v) is 3.07. The van der Waals surface area contributed by atoms with E-state index < -0.39 is 16.0 Å². The number of aliphatic hydroxyl groups excluding tert-OH is 1. The summed E-state index contributed by atoms with van der Waals surface area (Å²) in [5, 5.41) is 19.8. The summed E-state index contributed by atoms with van der Waals surface area (Å²) in [4.78, 5) is 39.6. The largest absolute Gasteiger partial charge is 0.396 e. The fourth-order valence-corrected chi connectivity index (χ4v) is 2.03. The quantitative estimate of drug-likeness (QED) is 0.412. The lowest BCUT2D eigenvalue weighted by molar-refractivity contribution is -0.384. The van der Waals surface area contributed by atoms with Crippen molar-refractivity contribution in [3.8, 4) is 0 Å². The van der Waals surface area contributed by atoms with Crippen LogP contribution in [0.1, 0.15) is 6.42 Å². The number of hydrogen-bond donors (Lipinski definition) is 3. The number of halogens is 1. The topological polar surface area (TPSA) is 132 Å². The number of aromatic amines is 2. The van der Waals surface area contributed by atoms with Gasteiger partial charge in [-0.3, -0.25) is 19.7 Å². The number of non-ortho nitro benzene ring substituents is 1. The van der Waals surface area contributed by atoms with Gasteiger partial charge in [-0.15, -0.1) is 12.4 Å². The van der Waals surface area contributed by atoms with Gasteiger partial charge in [-0.05, 0) is 6.42 Å². The Morgan fingerprint density at radius 2 is 1.91 bits per heavy atom. The van der Waals surface area contributed by atoms with Gasteiger partial charge in [0.2, 0.25) is 0 Å². The van der Waals surface area contributed by atoms with E-state index in [1.165, 1.54) is 12.1 Å². The van der Waals surface area contributed by atoms with Crippen LogP contribution in [0.25, 0.3) is 11.0 Å². The number of H-pyrrole nitrogens is 2. The van der Waals surface area contributed by atoms with Crippen LogP contribution in [0.2, 0.25) is 0 Å². The second kappa shape index (κ2) is 7.05. The highest BCUT2D eigenvalue weighted by molar-refractivity contribution is 5.90. The van der Waals surface area contributed by atoms with E-state index in [9.17, 15) is 19.7 Å². The highest BCUT2D eigenvalue weighted by Crippen LogP contribution is 2.28. The molecule has 10 heteroatoms. The fraction of sp³-hybridized carbons (Fsp3) is 0.333. The molecule has 2 aromatic rings. The van der Waals surface area contributed by atoms with Crippen LogP contribution < -0.4 is 16.0 Å². The van der Waals surface area contributed by atoms with Gasteiger partial charge in [0, 0.05) is 32.3 Å². The fourth-order valence-electron chi connectivity index (χ4n) is 2.03. The average Bonchev–Trinajstić information content (AvgIpc) is 2.44. The lowest BCUT2D eigenvalue weighted by Crippen LogP contribution is -2.30. The third-order valence-electron chi connectivity index (χ3n) is 3.07. The molecule has 0 aliphatic heterocycles. The van der Waals surface area contributed by atoms with Crippen LogP contribution in [-0.2, 0) is 0 Å². The minimum atomic E-state index is -0.869. The van der Waals surface area contributed by atoms with Crippen molar-refractivity contribution in [3.05, 3.63) is 43.0 Å². The molecule has 0 saturated heterocycles. The summed E-state index contributed by atoms with van der Waals surface area (Å²) >= 11 is 0. The molecule has 120 valence electrons. The second-order valence-corrected chi connectivity index (χ2v) is 4.55. The lowest BCUT2D eigenvalue weighted by atomic mass is 10.2. The van der Waals surface area contributed by atoms with E-state index >= 15 is 0 Å². The van der Waals surface area contributed by atoms with Crippen molar-refractivity contribution in [2.75, 3.05) is 25.1 Å². The van der Waals surface area contributed by atoms with Gasteiger partial charge in [0.25, 0.3) is 5.69 Å². The van der Waals surface area contributed by atoms with Gasteiger partial charge in [-0.25, -0.2) is 0 Å². The number of aliphatic hydroxyl groups is 1. The molecule has 0 spiro atoms. The third kappa shape index (κ3) is 3.43. The van der Waals surface area contributed by atoms with Crippen LogP contribution >= 0.6 is 12.4 Å². The minimum absolute atomic E-state index is 0. The SMILES string of the molecule is CN(CCCO)c1cc([N+](=O)[O-])cc2[nH]c(=O)c(=O)[nH]c12.Cl. The van der Waals surface area contributed by atoms with Crippen molar-refractivity contribution in [2.24, 2.45) is 0 Å². The summed E-state index contributed by atoms with van der Waals surface area (Å²) in [5.41, 5.74) is -0.998. The zero-order chi connectivity index (χ0) is 15.6. The van der Waals surface area contributed by atoms with Crippen molar-refractivity contribution in [3.63, 3.8) is 0 Å². The van der Waals surface area contributed by atoms with Gasteiger partial charge in [0.15, 0.2) is 0 Å². The standard InChI is InChI=1S/C12H14N4O5.ClH/c1-15(3-2-4-17)9-6-7(16(20)21)5-8-10(9)14-12(19)11(18)13-8;/h5-6,17H,2-4H2,1H3,(H,13,18)(H,14,19);1H. The number of fused-ring (bicyclic) bond motifs is 1. The Morgan fingerprint density at radius 3 is 2.50 bits per heavy atom. The first-order chi connectivity index (χ1) is 9.93. The maximum atomic E-state index is 11.4. The van der Waals surface area contributed by atoms with Crippen molar-refractivity contribution >= 4 is 34.8 Å². The second-order valence-electron chi connectivity index (χ2n) is 4.55. The minimum Gasteiger partial charge on any atom is -0.396 e. The molecule has 0 aliphatic rings. The molecule has 0 aliphatic carbocycles. The van der Waals surface area contributed by atoms with Crippen molar-refractivity contribution in [2.45, 2.75) is 6.42 Å². The molecule has 0 saturated carbocycles. The summed E-state index contributed by atoms with van der Waals surface area (Å²) in [5.74, 6) is 0. The summed E-state index contributed by atoms with van der Waals surface area (Å²) in [6.45, 7) is 0.415. The van der Waals surface area contributed by atoms with Crippen LogP contribution in [-0.4, -0.2) is 40.2 Å². The molecule has 3 N–H and O–H groups in total. The van der Waals surface area contributed by atoms with E-state index in [0.29, 0.717) is 24.2 Å². The van der Waals surface area contributed by atoms with E-state index in [4.69, 9.17) is 5.11 Å². The highest BCUT2D eigenvalue weighted by Gasteiger charge is 2.16. The Bertz CT molecular complexity index is 800. The molecule has 0 amide bonds. The zero-order valence-corrected chi connectivity index (χ0v) is 12.5. The monoisotopic (exact) mass is 330 g/mol. The summed E-state index contributed by atoms with van der Waals surface area (Å²) in [7, 11) is 1.68. The number of rotatable bonds is 5. The molecule has 9 nitrogen and oxygen atoms in total. The number of hydrogen-bond acceptors (Lipinski definition) is 6. The number of aromatic nitrogens is 2.